The minimum absolute atomic E-state index is 0.406. The highest BCUT2D eigenvalue weighted by Crippen LogP contribution is 2.34. The Labute approximate surface area is 79.4 Å². The van der Waals surface area contributed by atoms with E-state index in [1.807, 2.05) is 36.4 Å². The molecule has 0 aromatic heterocycles. The Balaban J connectivity index is 0.000000223. The van der Waals surface area contributed by atoms with Gasteiger partial charge in [-0.15, -0.1) is 0 Å². The Hall–Kier alpha value is -0.630. The van der Waals surface area contributed by atoms with Gasteiger partial charge in [-0.3, -0.25) is 10.1 Å². The zero-order valence-corrected chi connectivity index (χ0v) is 8.91. The molecule has 3 nitrogen and oxygen atoms in total. The predicted octanol–water partition coefficient (Wildman–Crippen LogP) is 2.49. The molecule has 1 aromatic rings. The van der Waals surface area contributed by atoms with E-state index in [9.17, 15) is 4.57 Å². The molecule has 0 aliphatic carbocycles. The second kappa shape index (κ2) is 6.84. The van der Waals surface area contributed by atoms with Gasteiger partial charge in [-0.25, -0.2) is 0 Å². The van der Waals surface area contributed by atoms with Crippen LogP contribution in [-0.4, -0.2) is 13.3 Å². The van der Waals surface area contributed by atoms with Gasteiger partial charge in [-0.05, 0) is 0 Å². The van der Waals surface area contributed by atoms with Gasteiger partial charge in [0.2, 0.25) is 0 Å². The monoisotopic (exact) mass is 201 g/mol. The van der Waals surface area contributed by atoms with Crippen molar-refractivity contribution in [2.24, 2.45) is 5.50 Å². The first kappa shape index (κ1) is 12.4. The summed E-state index contributed by atoms with van der Waals surface area (Å²) in [6.45, 7) is 1.73. The molecular formula is C9H16NO2P. The van der Waals surface area contributed by atoms with E-state index in [4.69, 9.17) is 5.50 Å². The maximum absolute atomic E-state index is 10.5. The highest BCUT2D eigenvalue weighted by Gasteiger charge is 2.08. The van der Waals surface area contributed by atoms with Crippen LogP contribution < -0.4 is 5.50 Å². The summed E-state index contributed by atoms with van der Waals surface area (Å²) >= 11 is 0. The fourth-order valence-corrected chi connectivity index (χ4v) is 0.772. The largest absolute Gasteiger partial charge is 0.321 e. The molecule has 74 valence electrons. The highest BCUT2D eigenvalue weighted by molar-refractivity contribution is 7.56. The standard InChI is InChI=1S/C6H6.C3H10NO2P/c1-2-4-6-5-3-1;1-3-7(4,5)6-2/h1-6H;3H2,1-2H3,(H2,4,5). The van der Waals surface area contributed by atoms with E-state index in [0.29, 0.717) is 6.16 Å². The van der Waals surface area contributed by atoms with E-state index in [0.717, 1.165) is 0 Å². The van der Waals surface area contributed by atoms with Crippen LogP contribution in [-0.2, 0) is 9.09 Å². The summed E-state index contributed by atoms with van der Waals surface area (Å²) in [6, 6.07) is 12.0. The minimum Gasteiger partial charge on any atom is -0.321 e. The molecular weight excluding hydrogens is 185 g/mol. The number of nitrogens with two attached hydrogens (primary N) is 1. The summed E-state index contributed by atoms with van der Waals surface area (Å²) in [5.41, 5.74) is 5.05. The Morgan fingerprint density at radius 1 is 1.15 bits per heavy atom. The Morgan fingerprint density at radius 3 is 1.54 bits per heavy atom. The molecule has 2 N–H and O–H groups in total. The van der Waals surface area contributed by atoms with Crippen LogP contribution in [0.3, 0.4) is 0 Å². The molecule has 0 aliphatic heterocycles. The maximum atomic E-state index is 10.5. The number of hydrogen-bond donors (Lipinski definition) is 1. The van der Waals surface area contributed by atoms with Gasteiger partial charge in [0.15, 0.2) is 0 Å². The molecule has 0 fully saturated rings. The lowest BCUT2D eigenvalue weighted by Crippen LogP contribution is -1.97. The van der Waals surface area contributed by atoms with Gasteiger partial charge in [-0.1, -0.05) is 43.3 Å². The van der Waals surface area contributed by atoms with Crippen molar-refractivity contribution in [3.05, 3.63) is 36.4 Å². The first-order valence-electron chi connectivity index (χ1n) is 4.05. The van der Waals surface area contributed by atoms with Gasteiger partial charge in [0.05, 0.1) is 0 Å². The topological polar surface area (TPSA) is 52.3 Å². The summed E-state index contributed by atoms with van der Waals surface area (Å²) < 4.78 is 14.9. The van der Waals surface area contributed by atoms with Crippen LogP contribution in [0.15, 0.2) is 36.4 Å². The molecule has 1 rings (SSSR count). The van der Waals surface area contributed by atoms with Crippen molar-refractivity contribution >= 4 is 7.52 Å². The molecule has 0 aliphatic rings. The third-order valence-corrected chi connectivity index (χ3v) is 2.92. The van der Waals surface area contributed by atoms with Crippen LogP contribution >= 0.6 is 7.52 Å². The third-order valence-electron chi connectivity index (χ3n) is 1.42. The van der Waals surface area contributed by atoms with Crippen molar-refractivity contribution in [2.45, 2.75) is 6.92 Å². The van der Waals surface area contributed by atoms with E-state index in [1.54, 1.807) is 6.92 Å². The van der Waals surface area contributed by atoms with Gasteiger partial charge in [0.25, 0.3) is 7.52 Å². The highest BCUT2D eigenvalue weighted by atomic mass is 31.2. The maximum Gasteiger partial charge on any atom is 0.266 e. The van der Waals surface area contributed by atoms with Crippen LogP contribution in [0.4, 0.5) is 0 Å². The van der Waals surface area contributed by atoms with Crippen molar-refractivity contribution < 1.29 is 9.09 Å². The molecule has 1 atom stereocenters. The molecule has 13 heavy (non-hydrogen) atoms. The van der Waals surface area contributed by atoms with Gasteiger partial charge in [-0.2, -0.15) is 0 Å². The molecule has 1 aromatic carbocycles. The van der Waals surface area contributed by atoms with Crippen LogP contribution in [0.25, 0.3) is 0 Å². The smallest absolute Gasteiger partial charge is 0.266 e. The van der Waals surface area contributed by atoms with Gasteiger partial charge in [0, 0.05) is 13.3 Å². The van der Waals surface area contributed by atoms with E-state index >= 15 is 0 Å². The lowest BCUT2D eigenvalue weighted by atomic mass is 10.4. The van der Waals surface area contributed by atoms with Crippen molar-refractivity contribution in [2.75, 3.05) is 13.3 Å². The van der Waals surface area contributed by atoms with E-state index in [1.165, 1.54) is 7.11 Å². The zero-order chi connectivity index (χ0) is 10.2. The SMILES string of the molecule is CCP(N)(=O)OC.c1ccccc1. The molecule has 1 unspecified atom stereocenters. The molecule has 0 bridgehead atoms. The molecule has 0 saturated heterocycles. The summed E-state index contributed by atoms with van der Waals surface area (Å²) in [4.78, 5) is 0. The zero-order valence-electron chi connectivity index (χ0n) is 8.01. The molecule has 0 radical (unpaired) electrons. The first-order chi connectivity index (χ1) is 6.12. The number of benzene rings is 1. The average Bonchev–Trinajstić information content (AvgIpc) is 2.21. The van der Waals surface area contributed by atoms with Crippen molar-refractivity contribution in [1.82, 2.24) is 0 Å². The number of rotatable bonds is 2. The van der Waals surface area contributed by atoms with Crippen molar-refractivity contribution in [3.8, 4) is 0 Å². The van der Waals surface area contributed by atoms with Gasteiger partial charge in [0.1, 0.15) is 0 Å². The van der Waals surface area contributed by atoms with E-state index in [2.05, 4.69) is 4.52 Å². The summed E-state index contributed by atoms with van der Waals surface area (Å²) in [5, 5.41) is 0. The van der Waals surface area contributed by atoms with Crippen LogP contribution in [0.1, 0.15) is 6.92 Å². The Bertz CT molecular complexity index is 216. The third kappa shape index (κ3) is 7.72. The molecule has 4 heteroatoms. The Morgan fingerprint density at radius 2 is 1.46 bits per heavy atom. The molecule has 0 amide bonds. The summed E-state index contributed by atoms with van der Waals surface area (Å²) in [6.07, 6.45) is 0.406. The summed E-state index contributed by atoms with van der Waals surface area (Å²) in [7, 11) is -1.30. The van der Waals surface area contributed by atoms with Crippen LogP contribution in [0, 0.1) is 0 Å². The van der Waals surface area contributed by atoms with Crippen molar-refractivity contribution in [3.63, 3.8) is 0 Å². The fourth-order valence-electron chi connectivity index (χ4n) is 0.514. The van der Waals surface area contributed by atoms with Crippen LogP contribution in [0.2, 0.25) is 0 Å². The second-order valence-electron chi connectivity index (χ2n) is 2.38. The second-order valence-corrected chi connectivity index (χ2v) is 4.83. The normalized spacial score (nSPS) is 13.8. The molecule has 0 spiro atoms. The lowest BCUT2D eigenvalue weighted by Gasteiger charge is -2.03. The first-order valence-corrected chi connectivity index (χ1v) is 5.93. The number of hydrogen-bond acceptors (Lipinski definition) is 2. The minimum atomic E-state index is -2.65. The Kier molecular flexibility index (Phi) is 6.51. The average molecular weight is 201 g/mol. The quantitative estimate of drug-likeness (QED) is 0.748. The fraction of sp³-hybridized carbons (Fsp3) is 0.333. The van der Waals surface area contributed by atoms with E-state index < -0.39 is 7.52 Å². The summed E-state index contributed by atoms with van der Waals surface area (Å²) in [5.74, 6) is 0. The van der Waals surface area contributed by atoms with Gasteiger partial charge < -0.3 is 4.52 Å². The van der Waals surface area contributed by atoms with Crippen molar-refractivity contribution in [1.29, 1.82) is 0 Å². The van der Waals surface area contributed by atoms with E-state index in [-0.39, 0.29) is 0 Å². The molecule has 0 saturated carbocycles. The van der Waals surface area contributed by atoms with Crippen LogP contribution in [0.5, 0.6) is 0 Å². The lowest BCUT2D eigenvalue weighted by molar-refractivity contribution is 0.395. The van der Waals surface area contributed by atoms with Gasteiger partial charge >= 0.3 is 0 Å². The predicted molar refractivity (Wildman–Crippen MR) is 55.8 cm³/mol. The molecule has 0 heterocycles.